The van der Waals surface area contributed by atoms with Gasteiger partial charge in [0.2, 0.25) is 5.79 Å². The Morgan fingerprint density at radius 3 is 2.47 bits per heavy atom. The second-order valence-electron chi connectivity index (χ2n) is 4.48. The molecule has 2 aliphatic heterocycles. The molecule has 3 unspecified atom stereocenters. The van der Waals surface area contributed by atoms with Crippen molar-refractivity contribution in [3.63, 3.8) is 0 Å². The lowest BCUT2D eigenvalue weighted by Crippen LogP contribution is -2.56. The van der Waals surface area contributed by atoms with Crippen molar-refractivity contribution < 1.29 is 19.3 Å². The summed E-state index contributed by atoms with van der Waals surface area (Å²) in [5, 5.41) is 19.0. The molecule has 17 heavy (non-hydrogen) atoms. The van der Waals surface area contributed by atoms with Crippen molar-refractivity contribution in [1.29, 1.82) is 0 Å². The van der Waals surface area contributed by atoms with E-state index in [0.29, 0.717) is 32.7 Å². The van der Waals surface area contributed by atoms with Crippen LogP contribution in [0, 0.1) is 0 Å². The maximum absolute atomic E-state index is 12.6. The largest absolute Gasteiger partial charge is 0.375 e. The van der Waals surface area contributed by atoms with Gasteiger partial charge in [-0.2, -0.15) is 5.11 Å². The molecule has 0 aromatic carbocycles. The summed E-state index contributed by atoms with van der Waals surface area (Å²) in [6.07, 6.45) is -0.235. The van der Waals surface area contributed by atoms with Gasteiger partial charge in [0, 0.05) is 39.7 Å². The van der Waals surface area contributed by atoms with Crippen molar-refractivity contribution in [1.82, 2.24) is 10.6 Å². The number of methoxy groups -OCH3 is 1. The van der Waals surface area contributed by atoms with Gasteiger partial charge >= 0.3 is 0 Å². The third kappa shape index (κ3) is 3.37. The molecule has 0 amide bonds. The first-order valence-electron chi connectivity index (χ1n) is 6.15. The Morgan fingerprint density at radius 2 is 1.94 bits per heavy atom. The van der Waals surface area contributed by atoms with Gasteiger partial charge in [-0.05, 0) is 0 Å². The Balaban J connectivity index is 1.91. The van der Waals surface area contributed by atoms with Gasteiger partial charge in [0.25, 0.3) is 0 Å². The molecular weight excluding hydrogens is 224 g/mol. The van der Waals surface area contributed by atoms with E-state index in [0.717, 1.165) is 13.1 Å². The van der Waals surface area contributed by atoms with Crippen molar-refractivity contribution >= 4 is 0 Å². The van der Waals surface area contributed by atoms with Gasteiger partial charge < -0.3 is 24.8 Å². The highest BCUT2D eigenvalue weighted by molar-refractivity contribution is 4.86. The second-order valence-corrected chi connectivity index (χ2v) is 4.48. The molecule has 0 saturated carbocycles. The Kier molecular flexibility index (Phi) is 4.72. The van der Waals surface area contributed by atoms with Crippen LogP contribution >= 0.6 is 0 Å². The van der Waals surface area contributed by atoms with E-state index in [1.165, 1.54) is 7.11 Å². The third-order valence-electron chi connectivity index (χ3n) is 3.28. The van der Waals surface area contributed by atoms with Crippen LogP contribution in [0.4, 0.5) is 0 Å². The molecule has 2 fully saturated rings. The normalized spacial score (nSPS) is 34.2. The molecule has 99 valence electrons. The van der Waals surface area contributed by atoms with Gasteiger partial charge in [-0.1, -0.05) is 0 Å². The van der Waals surface area contributed by atoms with Gasteiger partial charge in [0.05, 0.1) is 19.3 Å². The summed E-state index contributed by atoms with van der Waals surface area (Å²) in [6, 6.07) is 0. The molecule has 6 nitrogen and oxygen atoms in total. The van der Waals surface area contributed by atoms with Crippen LogP contribution in [0.5, 0.6) is 0 Å². The smallest absolute Gasteiger partial charge is 0.231 e. The van der Waals surface area contributed by atoms with E-state index in [1.54, 1.807) is 0 Å². The molecule has 0 spiro atoms. The SMILES string of the molecule is COC([O])(CC1CNCCO1)C1CNCCO1. The standard InChI is InChI=1S/C11H21N2O4/c1-15-11(14,10-8-13-3-5-17-10)6-9-7-12-2-4-16-9/h9-10,12-13H,2-8H2,1H3. The Hall–Kier alpha value is -0.240. The van der Waals surface area contributed by atoms with Gasteiger partial charge in [-0.3, -0.25) is 0 Å². The topological polar surface area (TPSA) is 71.7 Å². The fourth-order valence-corrected chi connectivity index (χ4v) is 2.26. The lowest BCUT2D eigenvalue weighted by atomic mass is 10.0. The fraction of sp³-hybridized carbons (Fsp3) is 1.00. The molecule has 1 radical (unpaired) electrons. The molecule has 0 aromatic heterocycles. The summed E-state index contributed by atoms with van der Waals surface area (Å²) in [5.41, 5.74) is 0. The van der Waals surface area contributed by atoms with E-state index in [4.69, 9.17) is 14.2 Å². The quantitative estimate of drug-likeness (QED) is 0.630. The number of morpholine rings is 2. The highest BCUT2D eigenvalue weighted by Gasteiger charge is 2.43. The molecule has 0 bridgehead atoms. The third-order valence-corrected chi connectivity index (χ3v) is 3.28. The minimum atomic E-state index is -1.53. The Bertz CT molecular complexity index is 230. The van der Waals surface area contributed by atoms with Crippen molar-refractivity contribution in [3.05, 3.63) is 0 Å². The summed E-state index contributed by atoms with van der Waals surface area (Å²) in [5.74, 6) is -1.53. The zero-order valence-electron chi connectivity index (χ0n) is 10.2. The first-order chi connectivity index (χ1) is 8.24. The average molecular weight is 245 g/mol. The maximum Gasteiger partial charge on any atom is 0.231 e. The molecule has 2 saturated heterocycles. The number of nitrogens with one attached hydrogen (secondary N) is 2. The van der Waals surface area contributed by atoms with Crippen LogP contribution < -0.4 is 10.6 Å². The number of hydrogen-bond acceptors (Lipinski definition) is 5. The van der Waals surface area contributed by atoms with Gasteiger partial charge in [0.1, 0.15) is 6.10 Å². The van der Waals surface area contributed by atoms with Gasteiger partial charge in [-0.15, -0.1) is 0 Å². The van der Waals surface area contributed by atoms with E-state index in [9.17, 15) is 5.11 Å². The van der Waals surface area contributed by atoms with Crippen LogP contribution in [-0.4, -0.2) is 64.5 Å². The van der Waals surface area contributed by atoms with Gasteiger partial charge in [0.15, 0.2) is 0 Å². The highest BCUT2D eigenvalue weighted by Crippen LogP contribution is 2.24. The summed E-state index contributed by atoms with van der Waals surface area (Å²) in [4.78, 5) is 0. The lowest BCUT2D eigenvalue weighted by molar-refractivity contribution is -0.301. The fourth-order valence-electron chi connectivity index (χ4n) is 2.26. The minimum Gasteiger partial charge on any atom is -0.375 e. The summed E-state index contributed by atoms with van der Waals surface area (Å²) >= 11 is 0. The molecular formula is C11H21N2O4. The zero-order chi connectivity index (χ0) is 12.1. The molecule has 6 heteroatoms. The molecule has 2 rings (SSSR count). The van der Waals surface area contributed by atoms with E-state index >= 15 is 0 Å². The molecule has 0 aromatic rings. The highest BCUT2D eigenvalue weighted by atomic mass is 16.6. The molecule has 3 atom stereocenters. The summed E-state index contributed by atoms with van der Waals surface area (Å²) in [6.45, 7) is 4.08. The predicted octanol–water partition coefficient (Wildman–Crippen LogP) is -0.873. The van der Waals surface area contributed by atoms with Crippen LogP contribution in [0.25, 0.3) is 0 Å². The van der Waals surface area contributed by atoms with Crippen molar-refractivity contribution in [3.8, 4) is 0 Å². The molecule has 2 aliphatic rings. The first-order valence-corrected chi connectivity index (χ1v) is 6.15. The Morgan fingerprint density at radius 1 is 1.24 bits per heavy atom. The minimum absolute atomic E-state index is 0.0910. The van der Waals surface area contributed by atoms with Crippen LogP contribution in [0.2, 0.25) is 0 Å². The summed E-state index contributed by atoms with van der Waals surface area (Å²) < 4.78 is 16.2. The molecule has 2 heterocycles. The van der Waals surface area contributed by atoms with Crippen LogP contribution in [-0.2, 0) is 19.3 Å². The monoisotopic (exact) mass is 245 g/mol. The van der Waals surface area contributed by atoms with Crippen molar-refractivity contribution in [2.75, 3.05) is 46.5 Å². The van der Waals surface area contributed by atoms with Crippen molar-refractivity contribution in [2.24, 2.45) is 0 Å². The van der Waals surface area contributed by atoms with E-state index < -0.39 is 11.9 Å². The lowest BCUT2D eigenvalue weighted by Gasteiger charge is -2.38. The van der Waals surface area contributed by atoms with E-state index in [-0.39, 0.29) is 6.10 Å². The van der Waals surface area contributed by atoms with Crippen molar-refractivity contribution in [2.45, 2.75) is 24.4 Å². The maximum atomic E-state index is 12.6. The van der Waals surface area contributed by atoms with Crippen LogP contribution in [0.15, 0.2) is 0 Å². The molecule has 0 aliphatic carbocycles. The Labute approximate surface area is 102 Å². The van der Waals surface area contributed by atoms with Crippen LogP contribution in [0.3, 0.4) is 0 Å². The second kappa shape index (κ2) is 6.08. The van der Waals surface area contributed by atoms with Crippen LogP contribution in [0.1, 0.15) is 6.42 Å². The number of rotatable bonds is 4. The average Bonchev–Trinajstić information content (AvgIpc) is 2.41. The summed E-state index contributed by atoms with van der Waals surface area (Å²) in [7, 11) is 1.45. The van der Waals surface area contributed by atoms with Gasteiger partial charge in [-0.25, -0.2) is 0 Å². The number of ether oxygens (including phenoxy) is 3. The zero-order valence-corrected chi connectivity index (χ0v) is 10.2. The predicted molar refractivity (Wildman–Crippen MR) is 60.3 cm³/mol. The first kappa shape index (κ1) is 13.2. The molecule has 2 N–H and O–H groups in total. The van der Waals surface area contributed by atoms with E-state index in [2.05, 4.69) is 10.6 Å². The number of hydrogen-bond donors (Lipinski definition) is 2. The van der Waals surface area contributed by atoms with E-state index in [1.807, 2.05) is 0 Å².